The van der Waals surface area contributed by atoms with Crippen LogP contribution in [0.3, 0.4) is 0 Å². The van der Waals surface area contributed by atoms with Crippen molar-refractivity contribution in [1.82, 2.24) is 4.98 Å². The van der Waals surface area contributed by atoms with Crippen molar-refractivity contribution in [3.8, 4) is 0 Å². The highest BCUT2D eigenvalue weighted by atomic mass is 32.1. The van der Waals surface area contributed by atoms with Crippen molar-refractivity contribution >= 4 is 22.4 Å². The summed E-state index contributed by atoms with van der Waals surface area (Å²) in [5.41, 5.74) is 0.596. The molecule has 2 rings (SSSR count). The van der Waals surface area contributed by atoms with Crippen molar-refractivity contribution < 1.29 is 9.90 Å². The molecule has 1 unspecified atom stereocenters. The fraction of sp³-hybridized carbons (Fsp3) is 0.636. The van der Waals surface area contributed by atoms with Crippen LogP contribution in [0.15, 0.2) is 0 Å². The summed E-state index contributed by atoms with van der Waals surface area (Å²) in [6.45, 7) is 3.85. The second-order valence-electron chi connectivity index (χ2n) is 4.46. The number of hydrogen-bond donors (Lipinski definition) is 2. The van der Waals surface area contributed by atoms with Gasteiger partial charge in [-0.05, 0) is 26.2 Å². The topological polar surface area (TPSA) is 62.2 Å². The van der Waals surface area contributed by atoms with Gasteiger partial charge in [0.2, 0.25) is 0 Å². The highest BCUT2D eigenvalue weighted by Crippen LogP contribution is 2.34. The summed E-state index contributed by atoms with van der Waals surface area (Å²) in [6, 6.07) is 0.375. The first kappa shape index (κ1) is 11.4. The van der Waals surface area contributed by atoms with E-state index >= 15 is 0 Å². The van der Waals surface area contributed by atoms with Gasteiger partial charge in [-0.25, -0.2) is 9.78 Å². The molecule has 1 aliphatic rings. The predicted molar refractivity (Wildman–Crippen MR) is 64.2 cm³/mol. The number of carbonyl (C=O) groups is 1. The minimum absolute atomic E-state index is 0.334. The number of aryl methyl sites for hydroxylation is 1. The molecule has 1 heterocycles. The molecule has 1 fully saturated rings. The third-order valence-corrected chi connectivity index (χ3v) is 3.82. The van der Waals surface area contributed by atoms with Gasteiger partial charge < -0.3 is 10.4 Å². The summed E-state index contributed by atoms with van der Waals surface area (Å²) >= 11 is 1.22. The molecular weight excluding hydrogens is 224 g/mol. The van der Waals surface area contributed by atoms with Gasteiger partial charge >= 0.3 is 5.97 Å². The van der Waals surface area contributed by atoms with Gasteiger partial charge in [-0.15, -0.1) is 0 Å². The molecule has 0 radical (unpaired) electrons. The molecule has 1 aliphatic carbocycles. The number of nitrogens with one attached hydrogen (secondary N) is 1. The molecule has 0 aliphatic heterocycles. The first-order chi connectivity index (χ1) is 7.56. The van der Waals surface area contributed by atoms with Crippen LogP contribution in [0.4, 0.5) is 5.13 Å². The van der Waals surface area contributed by atoms with E-state index in [4.69, 9.17) is 5.11 Å². The lowest BCUT2D eigenvalue weighted by Gasteiger charge is -2.11. The third-order valence-electron chi connectivity index (χ3n) is 2.74. The summed E-state index contributed by atoms with van der Waals surface area (Å²) in [6.07, 6.45) is 3.83. The Hall–Kier alpha value is -1.10. The molecular formula is C11H16N2O2S. The van der Waals surface area contributed by atoms with E-state index in [0.717, 1.165) is 17.5 Å². The summed E-state index contributed by atoms with van der Waals surface area (Å²) in [7, 11) is 0. The van der Waals surface area contributed by atoms with Crippen LogP contribution in [0, 0.1) is 12.8 Å². The maximum absolute atomic E-state index is 10.9. The van der Waals surface area contributed by atoms with Crippen LogP contribution in [0.5, 0.6) is 0 Å². The van der Waals surface area contributed by atoms with Crippen LogP contribution in [0.25, 0.3) is 0 Å². The maximum Gasteiger partial charge on any atom is 0.347 e. The van der Waals surface area contributed by atoms with E-state index in [1.54, 1.807) is 6.92 Å². The molecule has 0 amide bonds. The van der Waals surface area contributed by atoms with Crippen molar-refractivity contribution in [2.75, 3.05) is 5.32 Å². The zero-order chi connectivity index (χ0) is 11.7. The number of aromatic carboxylic acids is 1. The zero-order valence-corrected chi connectivity index (χ0v) is 10.3. The Bertz CT molecular complexity index is 399. The van der Waals surface area contributed by atoms with Crippen molar-refractivity contribution in [2.24, 2.45) is 5.92 Å². The molecule has 1 aromatic heterocycles. The van der Waals surface area contributed by atoms with E-state index in [1.807, 2.05) is 0 Å². The summed E-state index contributed by atoms with van der Waals surface area (Å²) in [4.78, 5) is 15.4. The largest absolute Gasteiger partial charge is 0.477 e. The SMILES string of the molecule is Cc1nc(NC(C)CC2CC2)sc1C(=O)O. The number of rotatable bonds is 5. The Kier molecular flexibility index (Phi) is 3.14. The van der Waals surface area contributed by atoms with Crippen LogP contribution in [0.1, 0.15) is 41.6 Å². The van der Waals surface area contributed by atoms with Gasteiger partial charge in [-0.2, -0.15) is 0 Å². The lowest BCUT2D eigenvalue weighted by atomic mass is 10.2. The number of aromatic nitrogens is 1. The minimum Gasteiger partial charge on any atom is -0.477 e. The molecule has 0 aromatic carbocycles. The number of hydrogen-bond acceptors (Lipinski definition) is 4. The molecule has 16 heavy (non-hydrogen) atoms. The van der Waals surface area contributed by atoms with E-state index in [2.05, 4.69) is 17.2 Å². The van der Waals surface area contributed by atoms with Gasteiger partial charge in [-0.1, -0.05) is 24.2 Å². The van der Waals surface area contributed by atoms with Gasteiger partial charge in [0.15, 0.2) is 5.13 Å². The lowest BCUT2D eigenvalue weighted by molar-refractivity contribution is 0.0701. The minimum atomic E-state index is -0.891. The Morgan fingerprint density at radius 3 is 2.88 bits per heavy atom. The van der Waals surface area contributed by atoms with Gasteiger partial charge in [0.25, 0.3) is 0 Å². The van der Waals surface area contributed by atoms with E-state index in [1.165, 1.54) is 24.2 Å². The Labute approximate surface area is 98.7 Å². The number of thiazole rings is 1. The van der Waals surface area contributed by atoms with Crippen LogP contribution in [-0.2, 0) is 0 Å². The molecule has 1 atom stereocenters. The molecule has 88 valence electrons. The number of carboxylic acid groups (broad SMARTS) is 1. The first-order valence-electron chi connectivity index (χ1n) is 5.53. The van der Waals surface area contributed by atoms with Gasteiger partial charge in [0.05, 0.1) is 5.69 Å². The molecule has 1 aromatic rings. The average Bonchev–Trinajstić information content (AvgIpc) is 2.89. The van der Waals surface area contributed by atoms with Crippen molar-refractivity contribution in [2.45, 2.75) is 39.2 Å². The number of carboxylic acids is 1. The highest BCUT2D eigenvalue weighted by Gasteiger charge is 2.24. The molecule has 0 bridgehead atoms. The van der Waals surface area contributed by atoms with Crippen LogP contribution in [-0.4, -0.2) is 22.1 Å². The highest BCUT2D eigenvalue weighted by molar-refractivity contribution is 7.17. The van der Waals surface area contributed by atoms with E-state index < -0.39 is 5.97 Å². The molecule has 0 saturated heterocycles. The fourth-order valence-corrected chi connectivity index (χ4v) is 2.70. The van der Waals surface area contributed by atoms with Gasteiger partial charge in [0.1, 0.15) is 4.88 Å². The Morgan fingerprint density at radius 2 is 2.38 bits per heavy atom. The van der Waals surface area contributed by atoms with Crippen molar-refractivity contribution in [1.29, 1.82) is 0 Å². The molecule has 4 nitrogen and oxygen atoms in total. The monoisotopic (exact) mass is 240 g/mol. The Balaban J connectivity index is 1.97. The van der Waals surface area contributed by atoms with Crippen LogP contribution in [0.2, 0.25) is 0 Å². The zero-order valence-electron chi connectivity index (χ0n) is 9.49. The lowest BCUT2D eigenvalue weighted by Crippen LogP contribution is -2.15. The molecule has 0 spiro atoms. The van der Waals surface area contributed by atoms with Crippen molar-refractivity contribution in [3.63, 3.8) is 0 Å². The first-order valence-corrected chi connectivity index (χ1v) is 6.35. The number of nitrogens with zero attached hydrogens (tertiary/aromatic N) is 1. The number of anilines is 1. The quantitative estimate of drug-likeness (QED) is 0.830. The van der Waals surface area contributed by atoms with E-state index in [0.29, 0.717) is 16.6 Å². The summed E-state index contributed by atoms with van der Waals surface area (Å²) in [5, 5.41) is 12.9. The van der Waals surface area contributed by atoms with Gasteiger partial charge in [-0.3, -0.25) is 0 Å². The van der Waals surface area contributed by atoms with Crippen molar-refractivity contribution in [3.05, 3.63) is 10.6 Å². The third kappa shape index (κ3) is 2.72. The summed E-state index contributed by atoms with van der Waals surface area (Å²) in [5.74, 6) is -0.0274. The normalized spacial score (nSPS) is 17.1. The predicted octanol–water partition coefficient (Wildman–Crippen LogP) is 2.75. The average molecular weight is 240 g/mol. The van der Waals surface area contributed by atoms with Gasteiger partial charge in [0, 0.05) is 6.04 Å². The van der Waals surface area contributed by atoms with E-state index in [-0.39, 0.29) is 0 Å². The molecule has 2 N–H and O–H groups in total. The van der Waals surface area contributed by atoms with Crippen LogP contribution >= 0.6 is 11.3 Å². The molecule has 1 saturated carbocycles. The smallest absolute Gasteiger partial charge is 0.347 e. The fourth-order valence-electron chi connectivity index (χ4n) is 1.78. The Morgan fingerprint density at radius 1 is 1.69 bits per heavy atom. The second kappa shape index (κ2) is 4.41. The van der Waals surface area contributed by atoms with E-state index in [9.17, 15) is 4.79 Å². The standard InChI is InChI=1S/C11H16N2O2S/c1-6(5-8-3-4-8)12-11-13-7(2)9(16-11)10(14)15/h6,8H,3-5H2,1-2H3,(H,12,13)(H,14,15). The second-order valence-corrected chi connectivity index (χ2v) is 5.46. The van der Waals surface area contributed by atoms with Crippen LogP contribution < -0.4 is 5.32 Å². The summed E-state index contributed by atoms with van der Waals surface area (Å²) < 4.78 is 0. The molecule has 5 heteroatoms. The maximum atomic E-state index is 10.9.